The van der Waals surface area contributed by atoms with Crippen LogP contribution in [0.1, 0.15) is 43.5 Å². The van der Waals surface area contributed by atoms with E-state index < -0.39 is 12.0 Å². The summed E-state index contributed by atoms with van der Waals surface area (Å²) in [5.74, 6) is 1.04. The van der Waals surface area contributed by atoms with Crippen molar-refractivity contribution in [3.8, 4) is 17.2 Å². The van der Waals surface area contributed by atoms with Gasteiger partial charge in [-0.25, -0.2) is 9.79 Å². The van der Waals surface area contributed by atoms with Gasteiger partial charge in [0.1, 0.15) is 18.4 Å². The van der Waals surface area contributed by atoms with E-state index >= 15 is 0 Å². The van der Waals surface area contributed by atoms with Gasteiger partial charge >= 0.3 is 5.97 Å². The second-order valence-corrected chi connectivity index (χ2v) is 12.7. The summed E-state index contributed by atoms with van der Waals surface area (Å²) in [4.78, 5) is 33.2. The van der Waals surface area contributed by atoms with E-state index in [1.807, 2.05) is 85.8 Å². The molecule has 5 aromatic rings. The minimum atomic E-state index is -0.857. The maximum Gasteiger partial charge on any atom is 0.338 e. The Balaban J connectivity index is 1.56. The molecule has 240 valence electrons. The predicted octanol–water partition coefficient (Wildman–Crippen LogP) is 6.70. The van der Waals surface area contributed by atoms with Gasteiger partial charge in [-0.1, -0.05) is 81.9 Å². The fourth-order valence-electron chi connectivity index (χ4n) is 5.72. The van der Waals surface area contributed by atoms with Gasteiger partial charge < -0.3 is 18.9 Å². The molecule has 2 heterocycles. The maximum absolute atomic E-state index is 14.5. The van der Waals surface area contributed by atoms with Gasteiger partial charge in [0.2, 0.25) is 0 Å². The highest BCUT2D eigenvalue weighted by atomic mass is 79.9. The molecule has 0 bridgehead atoms. The molecule has 1 aliphatic rings. The topological polar surface area (TPSA) is 88.4 Å². The molecule has 0 fully saturated rings. The lowest BCUT2D eigenvalue weighted by molar-refractivity contribution is -0.139. The lowest BCUT2D eigenvalue weighted by Crippen LogP contribution is -2.40. The number of benzene rings is 4. The highest BCUT2D eigenvalue weighted by molar-refractivity contribution is 9.10. The minimum absolute atomic E-state index is 0.174. The second-order valence-electron chi connectivity index (χ2n) is 10.7. The van der Waals surface area contributed by atoms with Crippen LogP contribution in [0.25, 0.3) is 16.8 Å². The smallest absolute Gasteiger partial charge is 0.338 e. The molecule has 1 atom stereocenters. The Morgan fingerprint density at radius 3 is 2.49 bits per heavy atom. The highest BCUT2D eigenvalue weighted by Gasteiger charge is 2.36. The molecular formula is C37H33BrN2O6S. The lowest BCUT2D eigenvalue weighted by Gasteiger charge is -2.26. The molecule has 0 N–H and O–H groups in total. The van der Waals surface area contributed by atoms with Crippen LogP contribution in [0.3, 0.4) is 0 Å². The number of halogens is 1. The maximum atomic E-state index is 14.5. The number of fused-ring (bicyclic) bond motifs is 2. The van der Waals surface area contributed by atoms with E-state index in [0.717, 1.165) is 26.4 Å². The number of esters is 1. The van der Waals surface area contributed by atoms with E-state index in [1.54, 1.807) is 31.6 Å². The molecule has 0 amide bonds. The van der Waals surface area contributed by atoms with Crippen molar-refractivity contribution in [2.75, 3.05) is 20.3 Å². The van der Waals surface area contributed by atoms with Crippen molar-refractivity contribution in [2.45, 2.75) is 33.4 Å². The van der Waals surface area contributed by atoms with Crippen LogP contribution >= 0.6 is 27.3 Å². The number of hydrogen-bond acceptors (Lipinski definition) is 8. The fraction of sp³-hybridized carbons (Fsp3) is 0.216. The number of allylic oxidation sites excluding steroid dienone is 1. The summed E-state index contributed by atoms with van der Waals surface area (Å²) in [5, 5.41) is 1.96. The summed E-state index contributed by atoms with van der Waals surface area (Å²) in [7, 11) is 1.56. The van der Waals surface area contributed by atoms with Crippen molar-refractivity contribution in [2.24, 2.45) is 4.99 Å². The number of nitrogens with zero attached hydrogens (tertiary/aromatic N) is 2. The van der Waals surface area contributed by atoms with E-state index in [1.165, 1.54) is 11.3 Å². The van der Waals surface area contributed by atoms with E-state index in [0.29, 0.717) is 51.1 Å². The van der Waals surface area contributed by atoms with Crippen LogP contribution in [0.15, 0.2) is 104 Å². The van der Waals surface area contributed by atoms with Crippen LogP contribution in [-0.4, -0.2) is 30.9 Å². The molecule has 0 radical (unpaired) electrons. The van der Waals surface area contributed by atoms with Crippen molar-refractivity contribution in [3.05, 3.63) is 131 Å². The summed E-state index contributed by atoms with van der Waals surface area (Å²) < 4.78 is 26.5. The van der Waals surface area contributed by atoms with Gasteiger partial charge in [-0.3, -0.25) is 9.36 Å². The van der Waals surface area contributed by atoms with Gasteiger partial charge in [0, 0.05) is 15.6 Å². The van der Waals surface area contributed by atoms with Gasteiger partial charge in [0.15, 0.2) is 16.3 Å². The van der Waals surface area contributed by atoms with Crippen LogP contribution in [0.5, 0.6) is 17.2 Å². The number of ether oxygens (including phenoxy) is 4. The average molecular weight is 714 g/mol. The molecular weight excluding hydrogens is 680 g/mol. The van der Waals surface area contributed by atoms with Crippen LogP contribution in [0, 0.1) is 0 Å². The largest absolute Gasteiger partial charge is 0.493 e. The SMILES string of the molecule is CCOC(=O)C1=C(C)N=c2s/c(=C/c3c(OCc4ccc(Br)cc4)ccc4ccccc34)c(=O)n2[C@H]1c1cccc(OC)c1OCC. The van der Waals surface area contributed by atoms with Crippen LogP contribution in [0.2, 0.25) is 0 Å². The Kier molecular flexibility index (Phi) is 9.60. The number of carbonyl (C=O) groups excluding carboxylic acids is 1. The zero-order chi connectivity index (χ0) is 33.1. The Morgan fingerprint density at radius 1 is 0.957 bits per heavy atom. The molecule has 0 aliphatic carbocycles. The quantitative estimate of drug-likeness (QED) is 0.150. The standard InChI is InChI=1S/C37H33BrN2O6S/c1-5-44-34-27(12-9-13-30(34)43-4)33-32(36(42)45-6-2)22(3)39-37-40(33)35(41)31(47-37)20-28-26-11-8-7-10-24(26)16-19-29(28)46-21-23-14-17-25(38)18-15-23/h7-20,33H,5-6,21H2,1-4H3/b31-20+/t33-/m0/s1. The van der Waals surface area contributed by atoms with E-state index in [9.17, 15) is 9.59 Å². The normalized spacial score (nSPS) is 14.5. The predicted molar refractivity (Wildman–Crippen MR) is 187 cm³/mol. The minimum Gasteiger partial charge on any atom is -0.493 e. The van der Waals surface area contributed by atoms with Crippen molar-refractivity contribution >= 4 is 50.1 Å². The first-order valence-corrected chi connectivity index (χ1v) is 16.8. The van der Waals surface area contributed by atoms with Gasteiger partial charge in [0.25, 0.3) is 5.56 Å². The zero-order valence-electron chi connectivity index (χ0n) is 26.4. The molecule has 1 aliphatic heterocycles. The summed E-state index contributed by atoms with van der Waals surface area (Å²) in [6, 6.07) is 24.5. The first-order chi connectivity index (χ1) is 22.8. The molecule has 1 aromatic heterocycles. The van der Waals surface area contributed by atoms with E-state index in [4.69, 9.17) is 23.9 Å². The monoisotopic (exact) mass is 712 g/mol. The fourth-order valence-corrected chi connectivity index (χ4v) is 7.01. The number of methoxy groups -OCH3 is 1. The Hall–Kier alpha value is -4.67. The molecule has 0 saturated carbocycles. The van der Waals surface area contributed by atoms with Crippen molar-refractivity contribution < 1.29 is 23.7 Å². The first-order valence-electron chi connectivity index (χ1n) is 15.2. The Morgan fingerprint density at radius 2 is 1.74 bits per heavy atom. The molecule has 10 heteroatoms. The third-order valence-electron chi connectivity index (χ3n) is 7.84. The van der Waals surface area contributed by atoms with Crippen molar-refractivity contribution in [3.63, 3.8) is 0 Å². The molecule has 0 saturated heterocycles. The van der Waals surface area contributed by atoms with Crippen LogP contribution < -0.4 is 29.1 Å². The average Bonchev–Trinajstić information content (AvgIpc) is 3.38. The summed E-state index contributed by atoms with van der Waals surface area (Å²) >= 11 is 4.74. The number of hydrogen-bond donors (Lipinski definition) is 0. The van der Waals surface area contributed by atoms with Crippen LogP contribution in [0.4, 0.5) is 0 Å². The zero-order valence-corrected chi connectivity index (χ0v) is 28.8. The number of carbonyl (C=O) groups is 1. The third-order valence-corrected chi connectivity index (χ3v) is 9.35. The van der Waals surface area contributed by atoms with Crippen LogP contribution in [-0.2, 0) is 16.1 Å². The van der Waals surface area contributed by atoms with E-state index in [2.05, 4.69) is 15.9 Å². The lowest BCUT2D eigenvalue weighted by atomic mass is 9.94. The molecule has 0 spiro atoms. The third kappa shape index (κ3) is 6.35. The Bertz CT molecular complexity index is 2190. The summed E-state index contributed by atoms with van der Waals surface area (Å²) in [6.07, 6.45) is 1.86. The van der Waals surface area contributed by atoms with Gasteiger partial charge in [-0.05, 0) is 67.4 Å². The summed E-state index contributed by atoms with van der Waals surface area (Å²) in [6.45, 7) is 6.26. The number of para-hydroxylation sites is 1. The highest BCUT2D eigenvalue weighted by Crippen LogP contribution is 2.41. The van der Waals surface area contributed by atoms with Crippen molar-refractivity contribution in [1.82, 2.24) is 4.57 Å². The molecule has 6 rings (SSSR count). The van der Waals surface area contributed by atoms with Gasteiger partial charge in [-0.15, -0.1) is 0 Å². The molecule has 47 heavy (non-hydrogen) atoms. The number of rotatable bonds is 10. The van der Waals surface area contributed by atoms with Gasteiger partial charge in [-0.2, -0.15) is 0 Å². The van der Waals surface area contributed by atoms with E-state index in [-0.39, 0.29) is 17.7 Å². The number of thiazole rings is 1. The molecule has 4 aromatic carbocycles. The second kappa shape index (κ2) is 14.0. The first kappa shape index (κ1) is 32.3. The summed E-state index contributed by atoms with van der Waals surface area (Å²) in [5.41, 5.74) is 2.82. The molecule has 8 nitrogen and oxygen atoms in total. The number of aromatic nitrogens is 1. The molecule has 0 unspecified atom stereocenters. The van der Waals surface area contributed by atoms with Crippen molar-refractivity contribution in [1.29, 1.82) is 0 Å². The van der Waals surface area contributed by atoms with Gasteiger partial charge in [0.05, 0.1) is 36.1 Å². The Labute approximate surface area is 284 Å².